The van der Waals surface area contributed by atoms with Crippen LogP contribution in [0.4, 0.5) is 5.69 Å². The van der Waals surface area contributed by atoms with Gasteiger partial charge in [-0.05, 0) is 28.9 Å². The van der Waals surface area contributed by atoms with E-state index in [1.54, 1.807) is 19.9 Å². The van der Waals surface area contributed by atoms with Crippen molar-refractivity contribution in [1.82, 2.24) is 0 Å². The highest BCUT2D eigenvalue weighted by Gasteiger charge is 2.19. The van der Waals surface area contributed by atoms with E-state index in [4.69, 9.17) is 25.0 Å². The molecule has 18 heavy (non-hydrogen) atoms. The lowest BCUT2D eigenvalue weighted by molar-refractivity contribution is 0.463. The van der Waals surface area contributed by atoms with E-state index in [2.05, 4.69) is 4.99 Å². The van der Waals surface area contributed by atoms with E-state index in [1.165, 1.54) is 0 Å². The van der Waals surface area contributed by atoms with Crippen LogP contribution >= 0.6 is 0 Å². The Bertz CT molecular complexity index is 462. The van der Waals surface area contributed by atoms with Crippen molar-refractivity contribution in [3.63, 3.8) is 0 Å². The number of hydrogen-bond donors (Lipinski definition) is 4. The highest BCUT2D eigenvalue weighted by molar-refractivity contribution is 6.15. The van der Waals surface area contributed by atoms with Gasteiger partial charge in [0.25, 0.3) is 0 Å². The molecule has 0 unspecified atom stereocenters. The Morgan fingerprint density at radius 1 is 1.39 bits per heavy atom. The molecule has 7 N–H and O–H groups in total. The van der Waals surface area contributed by atoms with Crippen molar-refractivity contribution in [3.05, 3.63) is 23.3 Å². The highest BCUT2D eigenvalue weighted by atomic mass is 16.3. The van der Waals surface area contributed by atoms with Crippen LogP contribution in [-0.2, 0) is 11.7 Å². The standard InChI is InChI=1S/C12H19BN4O/c1-12(2,13)8-5-7(3-4-17-11(15)16)6-9(14)10(8)18/h5-6,18H,3-4,14H2,1-2H3,(H4,15,16,17). The van der Waals surface area contributed by atoms with Gasteiger partial charge in [-0.15, -0.1) is 0 Å². The molecule has 96 valence electrons. The third kappa shape index (κ3) is 3.58. The zero-order valence-corrected chi connectivity index (χ0v) is 10.8. The molecule has 0 atom stereocenters. The first-order valence-corrected chi connectivity index (χ1v) is 5.68. The summed E-state index contributed by atoms with van der Waals surface area (Å²) in [5, 5.41) is 9.24. The Balaban J connectivity index is 3.02. The highest BCUT2D eigenvalue weighted by Crippen LogP contribution is 2.34. The predicted octanol–water partition coefficient (Wildman–Crippen LogP) is 0.194. The second kappa shape index (κ2) is 5.20. The molecule has 0 fully saturated rings. The molecule has 1 rings (SSSR count). The number of nitrogen functional groups attached to an aromatic ring is 1. The van der Waals surface area contributed by atoms with Gasteiger partial charge in [0.2, 0.25) is 0 Å². The summed E-state index contributed by atoms with van der Waals surface area (Å²) >= 11 is 0. The first-order chi connectivity index (χ1) is 8.21. The minimum absolute atomic E-state index is 0.0353. The lowest BCUT2D eigenvalue weighted by atomic mass is 9.67. The third-order valence-electron chi connectivity index (χ3n) is 2.59. The van der Waals surface area contributed by atoms with Gasteiger partial charge in [0, 0.05) is 6.54 Å². The van der Waals surface area contributed by atoms with Gasteiger partial charge in [-0.1, -0.05) is 19.9 Å². The average molecular weight is 246 g/mol. The molecule has 0 saturated carbocycles. The maximum Gasteiger partial charge on any atom is 0.185 e. The van der Waals surface area contributed by atoms with Crippen molar-refractivity contribution in [1.29, 1.82) is 0 Å². The van der Waals surface area contributed by atoms with E-state index < -0.39 is 5.31 Å². The molecule has 0 aromatic heterocycles. The number of nitrogens with two attached hydrogens (primary N) is 3. The minimum atomic E-state index is -0.662. The van der Waals surface area contributed by atoms with Crippen molar-refractivity contribution >= 4 is 19.5 Å². The summed E-state index contributed by atoms with van der Waals surface area (Å²) < 4.78 is 0. The van der Waals surface area contributed by atoms with E-state index in [9.17, 15) is 5.11 Å². The summed E-state index contributed by atoms with van der Waals surface area (Å²) in [4.78, 5) is 3.90. The lowest BCUT2D eigenvalue weighted by Gasteiger charge is -2.22. The maximum atomic E-state index is 9.90. The number of aliphatic imine (C=N–C) groups is 1. The van der Waals surface area contributed by atoms with Gasteiger partial charge in [0.1, 0.15) is 5.75 Å². The summed E-state index contributed by atoms with van der Waals surface area (Å²) in [6.07, 6.45) is 0.630. The normalized spacial score (nSPS) is 11.2. The monoisotopic (exact) mass is 246 g/mol. The number of guanidine groups is 1. The number of benzene rings is 1. The largest absolute Gasteiger partial charge is 0.506 e. The molecule has 1 aromatic rings. The molecule has 0 aliphatic heterocycles. The van der Waals surface area contributed by atoms with Crippen molar-refractivity contribution in [3.8, 4) is 5.75 Å². The summed E-state index contributed by atoms with van der Waals surface area (Å²) in [6.45, 7) is 4.08. The van der Waals surface area contributed by atoms with Crippen LogP contribution in [0.15, 0.2) is 17.1 Å². The van der Waals surface area contributed by atoms with E-state index in [0.717, 1.165) is 5.56 Å². The zero-order chi connectivity index (χ0) is 13.9. The molecule has 0 spiro atoms. The lowest BCUT2D eigenvalue weighted by Crippen LogP contribution is -2.23. The van der Waals surface area contributed by atoms with Gasteiger partial charge in [0.05, 0.1) is 13.5 Å². The molecule has 0 bridgehead atoms. The second-order valence-electron chi connectivity index (χ2n) is 4.86. The predicted molar refractivity (Wildman–Crippen MR) is 75.7 cm³/mol. The number of rotatable bonds is 4. The van der Waals surface area contributed by atoms with Gasteiger partial charge in [-0.3, -0.25) is 4.99 Å². The molecular formula is C12H19BN4O. The van der Waals surface area contributed by atoms with Crippen LogP contribution in [0.3, 0.4) is 0 Å². The number of nitrogens with zero attached hydrogens (tertiary/aromatic N) is 1. The van der Waals surface area contributed by atoms with E-state index in [-0.39, 0.29) is 11.7 Å². The first-order valence-electron chi connectivity index (χ1n) is 5.68. The van der Waals surface area contributed by atoms with Crippen molar-refractivity contribution in [2.75, 3.05) is 12.3 Å². The summed E-state index contributed by atoms with van der Waals surface area (Å²) in [5.41, 5.74) is 18.1. The fraction of sp³-hybridized carbons (Fsp3) is 0.417. The zero-order valence-electron chi connectivity index (χ0n) is 10.8. The number of hydrogen-bond acceptors (Lipinski definition) is 3. The Morgan fingerprint density at radius 3 is 2.50 bits per heavy atom. The summed E-state index contributed by atoms with van der Waals surface area (Å²) in [7, 11) is 5.99. The van der Waals surface area contributed by atoms with E-state index in [1.807, 2.05) is 6.07 Å². The van der Waals surface area contributed by atoms with Crippen LogP contribution in [0.1, 0.15) is 25.0 Å². The fourth-order valence-corrected chi connectivity index (χ4v) is 1.67. The number of anilines is 1. The number of phenolic OH excluding ortho intramolecular Hbond substituents is 1. The van der Waals surface area contributed by atoms with Crippen LogP contribution in [0, 0.1) is 0 Å². The SMILES string of the molecule is [B]C(C)(C)c1cc(CCN=C(N)N)cc(N)c1O. The van der Waals surface area contributed by atoms with Crippen LogP contribution in [0.5, 0.6) is 5.75 Å². The van der Waals surface area contributed by atoms with Crippen molar-refractivity contribution in [2.24, 2.45) is 16.5 Å². The maximum absolute atomic E-state index is 9.90. The van der Waals surface area contributed by atoms with Gasteiger partial charge in [-0.2, -0.15) is 0 Å². The quantitative estimate of drug-likeness (QED) is 0.200. The van der Waals surface area contributed by atoms with Gasteiger partial charge < -0.3 is 22.3 Å². The Kier molecular flexibility index (Phi) is 4.11. The van der Waals surface area contributed by atoms with Crippen LogP contribution < -0.4 is 17.2 Å². The Hall–Kier alpha value is -1.85. The average Bonchev–Trinajstić information content (AvgIpc) is 2.20. The molecule has 1 aromatic carbocycles. The number of phenols is 1. The molecule has 0 aliphatic rings. The molecule has 0 saturated heterocycles. The molecular weight excluding hydrogens is 227 g/mol. The second-order valence-corrected chi connectivity index (χ2v) is 4.86. The van der Waals surface area contributed by atoms with Crippen molar-refractivity contribution < 1.29 is 5.11 Å². The molecule has 0 aliphatic carbocycles. The summed E-state index contributed by atoms with van der Waals surface area (Å²) in [6, 6.07) is 3.53. The Morgan fingerprint density at radius 2 is 2.00 bits per heavy atom. The molecule has 2 radical (unpaired) electrons. The number of aromatic hydroxyl groups is 1. The van der Waals surface area contributed by atoms with Crippen LogP contribution in [-0.4, -0.2) is 25.5 Å². The molecule has 6 heteroatoms. The fourth-order valence-electron chi connectivity index (χ4n) is 1.67. The topological polar surface area (TPSA) is 111 Å². The minimum Gasteiger partial charge on any atom is -0.506 e. The molecule has 0 heterocycles. The molecule has 0 amide bonds. The van der Waals surface area contributed by atoms with Crippen molar-refractivity contribution in [2.45, 2.75) is 25.6 Å². The van der Waals surface area contributed by atoms with Crippen LogP contribution in [0.25, 0.3) is 0 Å². The van der Waals surface area contributed by atoms with Gasteiger partial charge >= 0.3 is 0 Å². The Labute approximate surface area is 108 Å². The third-order valence-corrected chi connectivity index (χ3v) is 2.59. The van der Waals surface area contributed by atoms with E-state index in [0.29, 0.717) is 24.2 Å². The van der Waals surface area contributed by atoms with Crippen LogP contribution in [0.2, 0.25) is 0 Å². The first kappa shape index (κ1) is 14.2. The smallest absolute Gasteiger partial charge is 0.185 e. The molecule has 5 nitrogen and oxygen atoms in total. The van der Waals surface area contributed by atoms with Gasteiger partial charge in [-0.25, -0.2) is 0 Å². The van der Waals surface area contributed by atoms with Gasteiger partial charge in [0.15, 0.2) is 5.96 Å². The summed E-state index contributed by atoms with van der Waals surface area (Å²) in [5.74, 6) is 0.0919. The van der Waals surface area contributed by atoms with E-state index >= 15 is 0 Å².